The summed E-state index contributed by atoms with van der Waals surface area (Å²) in [7, 11) is 3.33. The highest BCUT2D eigenvalue weighted by atomic mass is 16.2. The third-order valence-electron chi connectivity index (χ3n) is 5.94. The van der Waals surface area contributed by atoms with Crippen molar-refractivity contribution in [3.05, 3.63) is 95.1 Å². The molecule has 0 atom stereocenters. The number of nitrogens with zero attached hydrogens (tertiary/aromatic N) is 2. The molecule has 0 aliphatic rings. The van der Waals surface area contributed by atoms with Gasteiger partial charge < -0.3 is 21.3 Å². The molecule has 0 radical (unpaired) electrons. The van der Waals surface area contributed by atoms with Gasteiger partial charge in [0.15, 0.2) is 0 Å². The van der Waals surface area contributed by atoms with Crippen LogP contribution in [0.3, 0.4) is 0 Å². The zero-order valence-electron chi connectivity index (χ0n) is 22.4. The quantitative estimate of drug-likeness (QED) is 0.198. The molecule has 202 valence electrons. The number of nitrogens with two attached hydrogens (primary N) is 2. The molecule has 3 aromatic rings. The maximum atomic E-state index is 12.4. The van der Waals surface area contributed by atoms with E-state index in [0.29, 0.717) is 35.6 Å². The molecule has 40 heavy (non-hydrogen) atoms. The number of carbonyl (C=O) groups is 4. The number of Topliss-reactive ketones (excluding diaryl/α,β-unsaturated/α-hetero) is 2. The second kappa shape index (κ2) is 14.0. The van der Waals surface area contributed by atoms with E-state index in [4.69, 9.17) is 11.5 Å². The number of benzene rings is 3. The molecular weight excluding hydrogens is 504 g/mol. The summed E-state index contributed by atoms with van der Waals surface area (Å²) >= 11 is 0. The lowest BCUT2D eigenvalue weighted by atomic mass is 10.1. The summed E-state index contributed by atoms with van der Waals surface area (Å²) in [5, 5.41) is 0. The molecule has 0 heterocycles. The summed E-state index contributed by atoms with van der Waals surface area (Å²) in [6.45, 7) is 0.809. The molecule has 0 aromatic heterocycles. The van der Waals surface area contributed by atoms with Crippen LogP contribution in [0.5, 0.6) is 0 Å². The Kier molecular flexibility index (Phi) is 10.2. The largest absolute Gasteiger partial charge is 0.399 e. The molecule has 0 spiro atoms. The van der Waals surface area contributed by atoms with E-state index < -0.39 is 11.6 Å². The van der Waals surface area contributed by atoms with E-state index in [2.05, 4.69) is 23.7 Å². The van der Waals surface area contributed by atoms with Crippen LogP contribution in [0.2, 0.25) is 0 Å². The minimum absolute atomic E-state index is 0.0999. The van der Waals surface area contributed by atoms with Crippen molar-refractivity contribution in [3.63, 3.8) is 0 Å². The summed E-state index contributed by atoms with van der Waals surface area (Å²) in [6.07, 6.45) is -0.200. The van der Waals surface area contributed by atoms with Crippen LogP contribution in [0, 0.1) is 23.7 Å². The van der Waals surface area contributed by atoms with Gasteiger partial charge in [-0.3, -0.25) is 19.2 Å². The van der Waals surface area contributed by atoms with Crippen LogP contribution in [0.15, 0.2) is 72.8 Å². The molecule has 3 rings (SSSR count). The Balaban J connectivity index is 1.47. The van der Waals surface area contributed by atoms with Crippen LogP contribution < -0.4 is 11.5 Å². The second-order valence-corrected chi connectivity index (χ2v) is 9.18. The zero-order chi connectivity index (χ0) is 29.1. The van der Waals surface area contributed by atoms with Gasteiger partial charge in [0.1, 0.15) is 0 Å². The van der Waals surface area contributed by atoms with Crippen LogP contribution >= 0.6 is 0 Å². The van der Waals surface area contributed by atoms with Crippen molar-refractivity contribution in [2.45, 2.75) is 25.9 Å². The highest BCUT2D eigenvalue weighted by Gasteiger charge is 2.10. The van der Waals surface area contributed by atoms with Crippen LogP contribution in [-0.4, -0.2) is 47.3 Å². The lowest BCUT2D eigenvalue weighted by molar-refractivity contribution is -0.130. The average Bonchev–Trinajstić information content (AvgIpc) is 2.95. The van der Waals surface area contributed by atoms with E-state index in [1.165, 1.54) is 34.1 Å². The Labute approximate surface area is 233 Å². The monoisotopic (exact) mass is 534 g/mol. The van der Waals surface area contributed by atoms with Gasteiger partial charge in [-0.05, 0) is 71.5 Å². The third kappa shape index (κ3) is 8.90. The molecule has 0 saturated carbocycles. The van der Waals surface area contributed by atoms with E-state index in [1.807, 2.05) is 24.3 Å². The van der Waals surface area contributed by atoms with Crippen molar-refractivity contribution >= 4 is 34.8 Å². The molecule has 4 N–H and O–H groups in total. The normalized spacial score (nSPS) is 9.85. The van der Waals surface area contributed by atoms with E-state index in [-0.39, 0.29) is 24.7 Å². The third-order valence-corrected chi connectivity index (χ3v) is 5.94. The van der Waals surface area contributed by atoms with E-state index >= 15 is 0 Å². The number of hydrogen-bond donors (Lipinski definition) is 2. The molecule has 8 heteroatoms. The molecule has 3 aromatic carbocycles. The molecule has 0 fully saturated rings. The number of hydrogen-bond acceptors (Lipinski definition) is 6. The zero-order valence-corrected chi connectivity index (χ0v) is 22.4. The lowest BCUT2D eigenvalue weighted by Crippen LogP contribution is -2.25. The van der Waals surface area contributed by atoms with Crippen LogP contribution in [-0.2, 0) is 22.7 Å². The number of ketones is 2. The number of rotatable bonds is 8. The van der Waals surface area contributed by atoms with Crippen molar-refractivity contribution in [2.75, 3.05) is 25.6 Å². The smallest absolute Gasteiger partial charge is 0.235 e. The number of amides is 2. The molecule has 0 bridgehead atoms. The van der Waals surface area contributed by atoms with E-state index in [9.17, 15) is 19.2 Å². The minimum atomic E-state index is -0.464. The van der Waals surface area contributed by atoms with Gasteiger partial charge in [-0.25, -0.2) is 0 Å². The van der Waals surface area contributed by atoms with Gasteiger partial charge in [0.05, 0.1) is 12.8 Å². The van der Waals surface area contributed by atoms with Gasteiger partial charge >= 0.3 is 0 Å². The highest BCUT2D eigenvalue weighted by molar-refractivity contribution is 6.12. The molecular formula is C32H30N4O4. The van der Waals surface area contributed by atoms with E-state index in [0.717, 1.165) is 11.1 Å². The van der Waals surface area contributed by atoms with Gasteiger partial charge in [0.2, 0.25) is 23.4 Å². The maximum Gasteiger partial charge on any atom is 0.235 e. The average molecular weight is 535 g/mol. The standard InChI is InChI=1S/C32H30N4O4/c1-35(21-23-9-17-27(33)18-10-23)31(39)7-3-5-29(37)25-13-15-26(16-14-25)30(38)6-4-8-32(40)36(2)22-24-11-19-28(34)20-12-24/h9-20H,7-8,21-22,33-34H2,1-2H3. The maximum absolute atomic E-state index is 12.4. The lowest BCUT2D eigenvalue weighted by Gasteiger charge is -2.15. The second-order valence-electron chi connectivity index (χ2n) is 9.18. The molecule has 0 unspecified atom stereocenters. The molecule has 0 aliphatic carbocycles. The highest BCUT2D eigenvalue weighted by Crippen LogP contribution is 2.10. The Morgan fingerprint density at radius 3 is 1.23 bits per heavy atom. The van der Waals surface area contributed by atoms with Crippen LogP contribution in [0.4, 0.5) is 11.4 Å². The number of carbonyl (C=O) groups excluding carboxylic acids is 4. The molecule has 2 amide bonds. The topological polar surface area (TPSA) is 127 Å². The first-order chi connectivity index (χ1) is 19.1. The van der Waals surface area contributed by atoms with Gasteiger partial charge in [-0.2, -0.15) is 0 Å². The Morgan fingerprint density at radius 1 is 0.575 bits per heavy atom. The van der Waals surface area contributed by atoms with E-state index in [1.54, 1.807) is 38.4 Å². The fourth-order valence-corrected chi connectivity index (χ4v) is 3.56. The van der Waals surface area contributed by atoms with Gasteiger partial charge in [-0.1, -0.05) is 36.1 Å². The Morgan fingerprint density at radius 2 is 0.900 bits per heavy atom. The molecule has 0 saturated heterocycles. The number of nitrogen functional groups attached to an aromatic ring is 2. The number of anilines is 2. The fourth-order valence-electron chi connectivity index (χ4n) is 3.56. The molecule has 0 aliphatic heterocycles. The first-order valence-corrected chi connectivity index (χ1v) is 12.5. The van der Waals surface area contributed by atoms with Gasteiger partial charge in [-0.15, -0.1) is 0 Å². The van der Waals surface area contributed by atoms with Crippen LogP contribution in [0.1, 0.15) is 44.7 Å². The first kappa shape index (κ1) is 29.2. The van der Waals surface area contributed by atoms with Crippen molar-refractivity contribution in [2.24, 2.45) is 0 Å². The SMILES string of the molecule is CN(Cc1ccc(N)cc1)C(=O)CC#CC(=O)c1ccc(C(=O)C#CCC(=O)N(C)Cc2ccc(N)cc2)cc1. The van der Waals surface area contributed by atoms with Crippen molar-refractivity contribution < 1.29 is 19.2 Å². The summed E-state index contributed by atoms with van der Waals surface area (Å²) in [5.41, 5.74) is 15.1. The Bertz CT molecular complexity index is 1390. The van der Waals surface area contributed by atoms with Crippen molar-refractivity contribution in [1.29, 1.82) is 0 Å². The van der Waals surface area contributed by atoms with Gasteiger partial charge in [0.25, 0.3) is 0 Å². The summed E-state index contributed by atoms with van der Waals surface area (Å²) < 4.78 is 0. The fraction of sp³-hybridized carbons (Fsp3) is 0.188. The minimum Gasteiger partial charge on any atom is -0.399 e. The van der Waals surface area contributed by atoms with Crippen molar-refractivity contribution in [1.82, 2.24) is 9.80 Å². The van der Waals surface area contributed by atoms with Crippen LogP contribution in [0.25, 0.3) is 0 Å². The van der Waals surface area contributed by atoms with Gasteiger partial charge in [0, 0.05) is 49.7 Å². The summed E-state index contributed by atoms with van der Waals surface area (Å²) in [4.78, 5) is 52.5. The summed E-state index contributed by atoms with van der Waals surface area (Å²) in [5.74, 6) is 8.82. The molecule has 8 nitrogen and oxygen atoms in total. The first-order valence-electron chi connectivity index (χ1n) is 12.5. The van der Waals surface area contributed by atoms with Crippen molar-refractivity contribution in [3.8, 4) is 23.7 Å². The summed E-state index contributed by atoms with van der Waals surface area (Å²) in [6, 6.07) is 20.4. The predicted molar refractivity (Wildman–Crippen MR) is 155 cm³/mol. The predicted octanol–water partition coefficient (Wildman–Crippen LogP) is 3.32. The Hall–Kier alpha value is -5.34.